The fourth-order valence-electron chi connectivity index (χ4n) is 1.70. The number of hydrogen-bond acceptors (Lipinski definition) is 2. The predicted octanol–water partition coefficient (Wildman–Crippen LogP) is 2.78. The van der Waals surface area contributed by atoms with Crippen LogP contribution >= 0.6 is 0 Å². The van der Waals surface area contributed by atoms with Crippen LogP contribution in [0.2, 0.25) is 0 Å². The molecule has 0 spiro atoms. The number of rotatable bonds is 9. The van der Waals surface area contributed by atoms with Gasteiger partial charge in [0.2, 0.25) is 0 Å². The summed E-state index contributed by atoms with van der Waals surface area (Å²) in [6.45, 7) is 4.43. The van der Waals surface area contributed by atoms with E-state index in [0.29, 0.717) is 0 Å². The summed E-state index contributed by atoms with van der Waals surface area (Å²) in [6.07, 6.45) is 6.59. The lowest BCUT2D eigenvalue weighted by atomic mass is 9.96. The van der Waals surface area contributed by atoms with Crippen molar-refractivity contribution in [3.05, 3.63) is 0 Å². The highest BCUT2D eigenvalue weighted by atomic mass is 16.5. The summed E-state index contributed by atoms with van der Waals surface area (Å²) >= 11 is 0. The quantitative estimate of drug-likeness (QED) is 0.532. The van der Waals surface area contributed by atoms with E-state index >= 15 is 0 Å². The molecule has 2 heteroatoms. The highest BCUT2D eigenvalue weighted by Gasteiger charge is 2.05. The van der Waals surface area contributed by atoms with E-state index in [4.69, 9.17) is 4.74 Å². The van der Waals surface area contributed by atoms with Crippen LogP contribution in [-0.4, -0.2) is 39.3 Å². The zero-order valence-corrected chi connectivity index (χ0v) is 10.4. The van der Waals surface area contributed by atoms with E-state index in [0.717, 1.165) is 12.5 Å². The number of unbranched alkanes of at least 4 members (excludes halogenated alkanes) is 1. The molecule has 0 aromatic carbocycles. The van der Waals surface area contributed by atoms with Crippen LogP contribution in [0.3, 0.4) is 0 Å². The van der Waals surface area contributed by atoms with E-state index < -0.39 is 0 Å². The van der Waals surface area contributed by atoms with Gasteiger partial charge in [0, 0.05) is 13.7 Å². The minimum Gasteiger partial charge on any atom is -0.385 e. The fourth-order valence-corrected chi connectivity index (χ4v) is 1.70. The Labute approximate surface area is 89.6 Å². The maximum atomic E-state index is 5.11. The minimum atomic E-state index is 0.872. The summed E-state index contributed by atoms with van der Waals surface area (Å²) in [5, 5.41) is 0. The molecular weight excluding hydrogens is 174 g/mol. The highest BCUT2D eigenvalue weighted by molar-refractivity contribution is 4.58. The monoisotopic (exact) mass is 201 g/mol. The Morgan fingerprint density at radius 3 is 2.36 bits per heavy atom. The van der Waals surface area contributed by atoms with Crippen LogP contribution in [0.1, 0.15) is 39.0 Å². The molecule has 0 saturated carbocycles. The summed E-state index contributed by atoms with van der Waals surface area (Å²) in [5.74, 6) is 0.872. The van der Waals surface area contributed by atoms with Crippen molar-refractivity contribution in [2.45, 2.75) is 39.0 Å². The zero-order chi connectivity index (χ0) is 10.8. The van der Waals surface area contributed by atoms with Crippen molar-refractivity contribution in [1.29, 1.82) is 0 Å². The van der Waals surface area contributed by atoms with Gasteiger partial charge in [-0.25, -0.2) is 0 Å². The third-order valence-corrected chi connectivity index (χ3v) is 2.78. The second-order valence-electron chi connectivity index (χ2n) is 4.35. The standard InChI is InChI=1S/C12H27NO/c1-5-12(9-11-14-4)8-6-7-10-13(2)3/h12H,5-11H2,1-4H3/t12-/m0/s1. The molecule has 0 rings (SSSR count). The number of hydrogen-bond donors (Lipinski definition) is 0. The Bertz CT molecular complexity index is 115. The molecule has 1 atom stereocenters. The van der Waals surface area contributed by atoms with Gasteiger partial charge in [0.25, 0.3) is 0 Å². The molecule has 0 aromatic heterocycles. The van der Waals surface area contributed by atoms with Crippen LogP contribution < -0.4 is 0 Å². The first-order valence-electron chi connectivity index (χ1n) is 5.84. The van der Waals surface area contributed by atoms with Crippen molar-refractivity contribution < 1.29 is 4.74 Å². The second-order valence-corrected chi connectivity index (χ2v) is 4.35. The average molecular weight is 201 g/mol. The Kier molecular flexibility index (Phi) is 9.42. The van der Waals surface area contributed by atoms with Gasteiger partial charge in [-0.15, -0.1) is 0 Å². The topological polar surface area (TPSA) is 12.5 Å². The fraction of sp³-hybridized carbons (Fsp3) is 1.00. The Hall–Kier alpha value is -0.0800. The van der Waals surface area contributed by atoms with E-state index in [1.807, 2.05) is 0 Å². The molecule has 0 radical (unpaired) electrons. The molecule has 0 heterocycles. The normalized spacial score (nSPS) is 13.5. The predicted molar refractivity (Wildman–Crippen MR) is 62.7 cm³/mol. The molecule has 0 bridgehead atoms. The van der Waals surface area contributed by atoms with Crippen LogP contribution in [-0.2, 0) is 4.74 Å². The van der Waals surface area contributed by atoms with Crippen molar-refractivity contribution in [1.82, 2.24) is 4.90 Å². The van der Waals surface area contributed by atoms with Gasteiger partial charge in [0.15, 0.2) is 0 Å². The first-order valence-corrected chi connectivity index (χ1v) is 5.84. The molecule has 0 unspecified atom stereocenters. The van der Waals surface area contributed by atoms with Gasteiger partial charge in [-0.3, -0.25) is 0 Å². The van der Waals surface area contributed by atoms with Crippen LogP contribution in [0.5, 0.6) is 0 Å². The average Bonchev–Trinajstić information content (AvgIpc) is 2.16. The molecule has 86 valence electrons. The van der Waals surface area contributed by atoms with E-state index in [1.54, 1.807) is 7.11 Å². The van der Waals surface area contributed by atoms with Crippen molar-refractivity contribution in [2.24, 2.45) is 5.92 Å². The van der Waals surface area contributed by atoms with Gasteiger partial charge in [-0.05, 0) is 39.4 Å². The lowest BCUT2D eigenvalue weighted by Gasteiger charge is -2.15. The molecule has 0 aliphatic carbocycles. The van der Waals surface area contributed by atoms with Gasteiger partial charge < -0.3 is 9.64 Å². The van der Waals surface area contributed by atoms with Gasteiger partial charge in [0.1, 0.15) is 0 Å². The number of nitrogens with zero attached hydrogens (tertiary/aromatic N) is 1. The summed E-state index contributed by atoms with van der Waals surface area (Å²) in [4.78, 5) is 2.26. The smallest absolute Gasteiger partial charge is 0.0464 e. The van der Waals surface area contributed by atoms with Crippen molar-refractivity contribution in [2.75, 3.05) is 34.4 Å². The Morgan fingerprint density at radius 1 is 1.14 bits per heavy atom. The summed E-state index contributed by atoms with van der Waals surface area (Å²) in [5.41, 5.74) is 0. The lowest BCUT2D eigenvalue weighted by molar-refractivity contribution is 0.172. The SMILES string of the molecule is CC[C@@H](CCCCN(C)C)CCOC. The molecule has 0 aliphatic heterocycles. The van der Waals surface area contributed by atoms with Gasteiger partial charge >= 0.3 is 0 Å². The lowest BCUT2D eigenvalue weighted by Crippen LogP contribution is -2.13. The van der Waals surface area contributed by atoms with Gasteiger partial charge in [-0.1, -0.05) is 26.2 Å². The third-order valence-electron chi connectivity index (χ3n) is 2.78. The maximum absolute atomic E-state index is 5.11. The summed E-state index contributed by atoms with van der Waals surface area (Å²) in [7, 11) is 6.07. The minimum absolute atomic E-state index is 0.872. The molecule has 14 heavy (non-hydrogen) atoms. The molecule has 0 fully saturated rings. The molecule has 0 amide bonds. The summed E-state index contributed by atoms with van der Waals surface area (Å²) < 4.78 is 5.11. The number of ether oxygens (including phenoxy) is 1. The Balaban J connectivity index is 3.33. The Morgan fingerprint density at radius 2 is 1.86 bits per heavy atom. The van der Waals surface area contributed by atoms with Crippen LogP contribution in [0, 0.1) is 5.92 Å². The molecule has 0 aromatic rings. The summed E-state index contributed by atoms with van der Waals surface area (Å²) in [6, 6.07) is 0. The number of methoxy groups -OCH3 is 1. The van der Waals surface area contributed by atoms with Gasteiger partial charge in [0.05, 0.1) is 0 Å². The van der Waals surface area contributed by atoms with Crippen molar-refractivity contribution >= 4 is 0 Å². The van der Waals surface area contributed by atoms with E-state index in [2.05, 4.69) is 25.9 Å². The molecule has 2 nitrogen and oxygen atoms in total. The largest absolute Gasteiger partial charge is 0.385 e. The highest BCUT2D eigenvalue weighted by Crippen LogP contribution is 2.16. The van der Waals surface area contributed by atoms with Gasteiger partial charge in [-0.2, -0.15) is 0 Å². The van der Waals surface area contributed by atoms with E-state index in [9.17, 15) is 0 Å². The van der Waals surface area contributed by atoms with E-state index in [-0.39, 0.29) is 0 Å². The van der Waals surface area contributed by atoms with Crippen LogP contribution in [0.15, 0.2) is 0 Å². The van der Waals surface area contributed by atoms with Crippen LogP contribution in [0.4, 0.5) is 0 Å². The molecular formula is C12H27NO. The molecule has 0 aliphatic rings. The third kappa shape index (κ3) is 8.52. The van der Waals surface area contributed by atoms with E-state index in [1.165, 1.54) is 38.6 Å². The maximum Gasteiger partial charge on any atom is 0.0464 e. The first-order chi connectivity index (χ1) is 6.70. The van der Waals surface area contributed by atoms with Crippen molar-refractivity contribution in [3.8, 4) is 0 Å². The molecule has 0 saturated heterocycles. The second kappa shape index (κ2) is 9.47. The van der Waals surface area contributed by atoms with Crippen molar-refractivity contribution in [3.63, 3.8) is 0 Å². The first kappa shape index (κ1) is 13.9. The molecule has 0 N–H and O–H groups in total. The zero-order valence-electron chi connectivity index (χ0n) is 10.4. The van der Waals surface area contributed by atoms with Crippen LogP contribution in [0.25, 0.3) is 0 Å².